The van der Waals surface area contributed by atoms with Gasteiger partial charge in [-0.25, -0.2) is 0 Å². The SMILES string of the molecule is O=C(c1cc(C(F)(F)F)cc(C(F)(F)F)c1)N(Cc1nnc(-c2ccccc2Cl)o1)C1CC1. The van der Waals surface area contributed by atoms with Gasteiger partial charge in [0.25, 0.3) is 5.91 Å². The van der Waals surface area contributed by atoms with E-state index in [1.165, 1.54) is 0 Å². The molecule has 0 spiro atoms. The molecule has 1 heterocycles. The molecule has 1 aromatic heterocycles. The van der Waals surface area contributed by atoms with E-state index in [2.05, 4.69) is 10.2 Å². The lowest BCUT2D eigenvalue weighted by molar-refractivity contribution is -0.143. The second kappa shape index (κ2) is 8.36. The van der Waals surface area contributed by atoms with Crippen molar-refractivity contribution in [2.24, 2.45) is 0 Å². The van der Waals surface area contributed by atoms with Gasteiger partial charge < -0.3 is 9.32 Å². The minimum atomic E-state index is -5.06. The highest BCUT2D eigenvalue weighted by atomic mass is 35.5. The fraction of sp³-hybridized carbons (Fsp3) is 0.286. The van der Waals surface area contributed by atoms with E-state index in [0.717, 1.165) is 4.90 Å². The van der Waals surface area contributed by atoms with Crippen LogP contribution < -0.4 is 0 Å². The second-order valence-electron chi connectivity index (χ2n) is 7.44. The maximum absolute atomic E-state index is 13.2. The molecule has 0 radical (unpaired) electrons. The Labute approximate surface area is 188 Å². The van der Waals surface area contributed by atoms with Gasteiger partial charge in [-0.05, 0) is 43.2 Å². The van der Waals surface area contributed by atoms with Gasteiger partial charge in [-0.2, -0.15) is 26.3 Å². The van der Waals surface area contributed by atoms with Crippen LogP contribution in [-0.4, -0.2) is 27.0 Å². The molecule has 5 nitrogen and oxygen atoms in total. The molecular weight excluding hydrogens is 476 g/mol. The van der Waals surface area contributed by atoms with Gasteiger partial charge >= 0.3 is 12.4 Å². The van der Waals surface area contributed by atoms with Crippen LogP contribution in [0.15, 0.2) is 46.9 Å². The first-order valence-corrected chi connectivity index (χ1v) is 9.99. The molecule has 0 bridgehead atoms. The maximum Gasteiger partial charge on any atom is 0.416 e. The van der Waals surface area contributed by atoms with Crippen LogP contribution in [0.3, 0.4) is 0 Å². The van der Waals surface area contributed by atoms with Gasteiger partial charge in [-0.1, -0.05) is 23.7 Å². The number of halogens is 7. The van der Waals surface area contributed by atoms with Crippen molar-refractivity contribution in [1.82, 2.24) is 15.1 Å². The second-order valence-corrected chi connectivity index (χ2v) is 7.85. The zero-order valence-electron chi connectivity index (χ0n) is 16.5. The topological polar surface area (TPSA) is 59.2 Å². The molecule has 0 aliphatic heterocycles. The summed E-state index contributed by atoms with van der Waals surface area (Å²) < 4.78 is 84.6. The van der Waals surface area contributed by atoms with Crippen molar-refractivity contribution in [3.05, 3.63) is 70.1 Å². The summed E-state index contributed by atoms with van der Waals surface area (Å²) in [6, 6.07) is 7.06. The van der Waals surface area contributed by atoms with Crippen molar-refractivity contribution in [2.75, 3.05) is 0 Å². The molecule has 1 aliphatic rings. The van der Waals surface area contributed by atoms with Crippen LogP contribution in [0.5, 0.6) is 0 Å². The molecule has 4 rings (SSSR count). The summed E-state index contributed by atoms with van der Waals surface area (Å²) in [6.45, 7) is -0.279. The minimum Gasteiger partial charge on any atom is -0.419 e. The van der Waals surface area contributed by atoms with Crippen molar-refractivity contribution >= 4 is 17.5 Å². The zero-order valence-corrected chi connectivity index (χ0v) is 17.3. The van der Waals surface area contributed by atoms with E-state index < -0.39 is 35.0 Å². The summed E-state index contributed by atoms with van der Waals surface area (Å²) >= 11 is 6.09. The largest absolute Gasteiger partial charge is 0.419 e. The van der Waals surface area contributed by atoms with Gasteiger partial charge in [0, 0.05) is 11.6 Å². The Morgan fingerprint density at radius 3 is 2.15 bits per heavy atom. The highest BCUT2D eigenvalue weighted by molar-refractivity contribution is 6.33. The monoisotopic (exact) mass is 489 g/mol. The van der Waals surface area contributed by atoms with Crippen molar-refractivity contribution in [3.8, 4) is 11.5 Å². The van der Waals surface area contributed by atoms with Gasteiger partial charge in [-0.15, -0.1) is 10.2 Å². The normalized spacial score (nSPS) is 14.4. The quantitative estimate of drug-likeness (QED) is 0.398. The molecule has 0 N–H and O–H groups in total. The van der Waals surface area contributed by atoms with Crippen molar-refractivity contribution < 1.29 is 35.6 Å². The predicted molar refractivity (Wildman–Crippen MR) is 104 cm³/mol. The number of carbonyl (C=O) groups is 1. The number of amides is 1. The third kappa shape index (κ3) is 5.13. The van der Waals surface area contributed by atoms with E-state index in [-0.39, 0.29) is 30.4 Å². The fourth-order valence-electron chi connectivity index (χ4n) is 3.20. The number of carbonyl (C=O) groups excluding carboxylic acids is 1. The van der Waals surface area contributed by atoms with E-state index in [1.807, 2.05) is 0 Å². The highest BCUT2D eigenvalue weighted by Gasteiger charge is 2.40. The number of nitrogens with zero attached hydrogens (tertiary/aromatic N) is 3. The Hall–Kier alpha value is -3.08. The smallest absolute Gasteiger partial charge is 0.416 e. The first kappa shape index (κ1) is 23.1. The first-order chi connectivity index (χ1) is 15.4. The Kier molecular flexibility index (Phi) is 5.85. The van der Waals surface area contributed by atoms with Gasteiger partial charge in [0.15, 0.2) is 0 Å². The number of hydrogen-bond donors (Lipinski definition) is 0. The maximum atomic E-state index is 13.2. The lowest BCUT2D eigenvalue weighted by atomic mass is 10.0. The third-order valence-corrected chi connectivity index (χ3v) is 5.29. The van der Waals surface area contributed by atoms with Crippen LogP contribution in [-0.2, 0) is 18.9 Å². The number of hydrogen-bond acceptors (Lipinski definition) is 4. The minimum absolute atomic E-state index is 0.0217. The third-order valence-electron chi connectivity index (χ3n) is 4.96. The number of alkyl halides is 6. The van der Waals surface area contributed by atoms with Crippen molar-refractivity contribution in [3.63, 3.8) is 0 Å². The van der Waals surface area contributed by atoms with Crippen LogP contribution in [0.25, 0.3) is 11.5 Å². The molecule has 1 saturated carbocycles. The lowest BCUT2D eigenvalue weighted by Gasteiger charge is -2.22. The summed E-state index contributed by atoms with van der Waals surface area (Å²) in [5.74, 6) is -0.961. The Morgan fingerprint density at radius 2 is 1.61 bits per heavy atom. The molecule has 0 atom stereocenters. The van der Waals surface area contributed by atoms with E-state index in [4.69, 9.17) is 16.0 Å². The average molecular weight is 490 g/mol. The Bertz CT molecular complexity index is 1150. The molecule has 1 aliphatic carbocycles. The molecule has 3 aromatic rings. The predicted octanol–water partition coefficient (Wildman–Crippen LogP) is 6.23. The molecule has 33 heavy (non-hydrogen) atoms. The molecular formula is C21H14ClF6N3O2. The molecule has 174 valence electrons. The molecule has 1 fully saturated rings. The first-order valence-electron chi connectivity index (χ1n) is 9.61. The zero-order chi connectivity index (χ0) is 24.0. The van der Waals surface area contributed by atoms with Crippen LogP contribution in [0.1, 0.15) is 40.2 Å². The number of rotatable bonds is 5. The summed E-state index contributed by atoms with van der Waals surface area (Å²) in [5, 5.41) is 8.05. The molecule has 12 heteroatoms. The van der Waals surface area contributed by atoms with E-state index >= 15 is 0 Å². The van der Waals surface area contributed by atoms with E-state index in [0.29, 0.717) is 35.6 Å². The summed E-state index contributed by atoms with van der Waals surface area (Å²) in [7, 11) is 0. The highest BCUT2D eigenvalue weighted by Crippen LogP contribution is 2.38. The molecule has 0 saturated heterocycles. The van der Waals surface area contributed by atoms with Crippen LogP contribution in [0, 0.1) is 0 Å². The van der Waals surface area contributed by atoms with Gasteiger partial charge in [0.1, 0.15) is 0 Å². The Morgan fingerprint density at radius 1 is 1.00 bits per heavy atom. The standard InChI is InChI=1S/C21H14ClF6N3O2/c22-16-4-2-1-3-15(16)18-30-29-17(33-18)10-31(14-5-6-14)19(32)11-7-12(20(23,24)25)9-13(8-11)21(26,27)28/h1-4,7-9,14H,5-6,10H2. The van der Waals surface area contributed by atoms with Crippen LogP contribution in [0.2, 0.25) is 5.02 Å². The van der Waals surface area contributed by atoms with Gasteiger partial charge in [0.2, 0.25) is 11.8 Å². The fourth-order valence-corrected chi connectivity index (χ4v) is 3.42. The number of aromatic nitrogens is 2. The number of benzene rings is 2. The summed E-state index contributed by atoms with van der Waals surface area (Å²) in [5.41, 5.74) is -3.41. The molecule has 2 aromatic carbocycles. The van der Waals surface area contributed by atoms with E-state index in [9.17, 15) is 31.1 Å². The molecule has 1 amide bonds. The van der Waals surface area contributed by atoms with Crippen molar-refractivity contribution in [1.29, 1.82) is 0 Å². The summed E-state index contributed by atoms with van der Waals surface area (Å²) in [4.78, 5) is 14.1. The summed E-state index contributed by atoms with van der Waals surface area (Å²) in [6.07, 6.45) is -9.03. The average Bonchev–Trinajstić information content (AvgIpc) is 3.48. The molecule has 0 unspecified atom stereocenters. The Balaban J connectivity index is 1.65. The van der Waals surface area contributed by atoms with Crippen LogP contribution in [0.4, 0.5) is 26.3 Å². The lowest BCUT2D eigenvalue weighted by Crippen LogP contribution is -2.33. The van der Waals surface area contributed by atoms with Gasteiger partial charge in [0.05, 0.1) is 28.3 Å². The van der Waals surface area contributed by atoms with Crippen molar-refractivity contribution in [2.45, 2.75) is 37.8 Å². The van der Waals surface area contributed by atoms with Gasteiger partial charge in [-0.3, -0.25) is 4.79 Å². The van der Waals surface area contributed by atoms with Crippen LogP contribution >= 0.6 is 11.6 Å². The van der Waals surface area contributed by atoms with E-state index in [1.54, 1.807) is 24.3 Å².